The first-order valence-corrected chi connectivity index (χ1v) is 10.8. The van der Waals surface area contributed by atoms with Gasteiger partial charge in [0.25, 0.3) is 12.0 Å². The van der Waals surface area contributed by atoms with Crippen molar-refractivity contribution in [2.75, 3.05) is 12.3 Å². The lowest BCUT2D eigenvalue weighted by Gasteiger charge is -2.14. The van der Waals surface area contributed by atoms with E-state index in [9.17, 15) is 22.4 Å². The predicted octanol–water partition coefficient (Wildman–Crippen LogP) is 4.16. The lowest BCUT2D eigenvalue weighted by Crippen LogP contribution is -2.24. The van der Waals surface area contributed by atoms with Crippen molar-refractivity contribution in [1.82, 2.24) is 24.5 Å². The van der Waals surface area contributed by atoms with Gasteiger partial charge in [0.15, 0.2) is 6.61 Å². The summed E-state index contributed by atoms with van der Waals surface area (Å²) in [6, 6.07) is 11.7. The zero-order valence-electron chi connectivity index (χ0n) is 19.1. The summed E-state index contributed by atoms with van der Waals surface area (Å²) >= 11 is 0. The number of fused-ring (bicyclic) bond motifs is 2. The van der Waals surface area contributed by atoms with Crippen LogP contribution in [0.3, 0.4) is 0 Å². The lowest BCUT2D eigenvalue weighted by molar-refractivity contribution is -0.0498. The van der Waals surface area contributed by atoms with E-state index in [-0.39, 0.29) is 39.5 Å². The van der Waals surface area contributed by atoms with Crippen LogP contribution in [0.2, 0.25) is 0 Å². The molecule has 3 heterocycles. The number of nitrogens with two attached hydrogens (primary N) is 1. The summed E-state index contributed by atoms with van der Waals surface area (Å²) in [7, 11) is 1.76. The summed E-state index contributed by atoms with van der Waals surface area (Å²) in [4.78, 5) is 18.0. The second-order valence-electron chi connectivity index (χ2n) is 7.99. The van der Waals surface area contributed by atoms with Crippen LogP contribution in [0, 0.1) is 0 Å². The Hall–Kier alpha value is -4.68. The van der Waals surface area contributed by atoms with Crippen molar-refractivity contribution in [2.45, 2.75) is 13.0 Å². The molecule has 2 N–H and O–H groups in total. The smallest absolute Gasteiger partial charge is 0.387 e. The number of aromatic nitrogens is 5. The summed E-state index contributed by atoms with van der Waals surface area (Å²) in [5, 5.41) is 9.47. The van der Waals surface area contributed by atoms with Gasteiger partial charge in [0.1, 0.15) is 16.8 Å². The number of aryl methyl sites for hydroxylation is 1. The quantitative estimate of drug-likeness (QED) is 0.325. The van der Waals surface area contributed by atoms with Gasteiger partial charge in [-0.2, -0.15) is 23.7 Å². The fourth-order valence-corrected chi connectivity index (χ4v) is 3.89. The van der Waals surface area contributed by atoms with Crippen LogP contribution in [0.5, 0.6) is 11.6 Å². The molecule has 0 atom stereocenters. The number of pyridine rings is 1. The maximum absolute atomic E-state index is 13.8. The zero-order valence-corrected chi connectivity index (χ0v) is 19.1. The highest BCUT2D eigenvalue weighted by molar-refractivity contribution is 5.97. The van der Waals surface area contributed by atoms with Crippen LogP contribution in [-0.2, 0) is 7.05 Å². The number of nitrogen functional groups attached to an aromatic ring is 1. The Kier molecular flexibility index (Phi) is 6.11. The monoisotopic (exact) mass is 514 g/mol. The molecule has 5 aromatic rings. The molecule has 0 aliphatic rings. The first-order valence-electron chi connectivity index (χ1n) is 10.8. The molecule has 0 saturated carbocycles. The van der Waals surface area contributed by atoms with E-state index in [1.807, 2.05) is 0 Å². The van der Waals surface area contributed by atoms with Crippen LogP contribution in [0.1, 0.15) is 0 Å². The van der Waals surface area contributed by atoms with Crippen LogP contribution in [0.25, 0.3) is 38.8 Å². The number of rotatable bonds is 7. The Balaban J connectivity index is 1.74. The third kappa shape index (κ3) is 4.75. The predicted molar refractivity (Wildman–Crippen MR) is 127 cm³/mol. The molecule has 0 amide bonds. The molecule has 0 bridgehead atoms. The Morgan fingerprint density at radius 2 is 1.76 bits per heavy atom. The fraction of sp³-hybridized carbons (Fsp3) is 0.167. The van der Waals surface area contributed by atoms with Gasteiger partial charge >= 0.3 is 6.61 Å². The van der Waals surface area contributed by atoms with Crippen LogP contribution in [0.15, 0.2) is 59.5 Å². The molecule has 0 unspecified atom stereocenters. The van der Waals surface area contributed by atoms with E-state index in [4.69, 9.17) is 10.5 Å². The molecule has 3 aromatic heterocycles. The average Bonchev–Trinajstić information content (AvgIpc) is 3.22. The maximum atomic E-state index is 13.8. The summed E-state index contributed by atoms with van der Waals surface area (Å²) in [5.74, 6) is -0.340. The van der Waals surface area contributed by atoms with Crippen LogP contribution in [-0.4, -0.2) is 44.2 Å². The minimum Gasteiger partial charge on any atom is -0.472 e. The minimum absolute atomic E-state index is 0.00417. The van der Waals surface area contributed by atoms with E-state index in [2.05, 4.69) is 19.9 Å². The summed E-state index contributed by atoms with van der Waals surface area (Å²) < 4.78 is 62.8. The van der Waals surface area contributed by atoms with E-state index in [0.717, 1.165) is 10.1 Å². The molecule has 0 aliphatic carbocycles. The van der Waals surface area contributed by atoms with Crippen molar-refractivity contribution in [2.24, 2.45) is 7.05 Å². The molecular formula is C24H18F4N6O3. The van der Waals surface area contributed by atoms with Gasteiger partial charge in [-0.15, -0.1) is 0 Å². The van der Waals surface area contributed by atoms with E-state index < -0.39 is 25.2 Å². The number of benzene rings is 2. The molecule has 37 heavy (non-hydrogen) atoms. The van der Waals surface area contributed by atoms with Crippen LogP contribution < -0.4 is 20.8 Å². The Labute approximate surface area is 205 Å². The van der Waals surface area contributed by atoms with E-state index in [0.29, 0.717) is 11.2 Å². The van der Waals surface area contributed by atoms with E-state index >= 15 is 0 Å². The number of alkyl halides is 4. The van der Waals surface area contributed by atoms with Gasteiger partial charge in [0.05, 0.1) is 22.5 Å². The topological polar surface area (TPSA) is 110 Å². The number of nitrogens with zero attached hydrogens (tertiary/aromatic N) is 5. The normalized spacial score (nSPS) is 11.6. The first-order chi connectivity index (χ1) is 17.7. The molecular weight excluding hydrogens is 496 g/mol. The van der Waals surface area contributed by atoms with Crippen molar-refractivity contribution in [1.29, 1.82) is 0 Å². The standard InChI is InChI=1S/C24H18F4N6O3/c1-33-10-13-8-14(4-7-17(13)31-33)34-23(35)20(12-2-5-15(6-3-12)37-24(27)28)22-21(32-34)16(29)9-19(30-22)36-11-18(25)26/h2-10,18,24H,11,29H2,1H3. The van der Waals surface area contributed by atoms with Crippen molar-refractivity contribution in [3.8, 4) is 28.4 Å². The Bertz CT molecular complexity index is 1670. The molecule has 0 fully saturated rings. The third-order valence-corrected chi connectivity index (χ3v) is 5.41. The van der Waals surface area contributed by atoms with Gasteiger partial charge < -0.3 is 15.2 Å². The van der Waals surface area contributed by atoms with E-state index in [1.54, 1.807) is 36.1 Å². The number of anilines is 1. The number of hydrogen-bond acceptors (Lipinski definition) is 7. The molecule has 0 radical (unpaired) electrons. The van der Waals surface area contributed by atoms with E-state index in [1.165, 1.54) is 30.3 Å². The Morgan fingerprint density at radius 3 is 2.46 bits per heavy atom. The third-order valence-electron chi connectivity index (χ3n) is 5.41. The van der Waals surface area contributed by atoms with Gasteiger partial charge in [-0.05, 0) is 35.9 Å². The molecule has 0 aliphatic heterocycles. The number of halogens is 4. The highest BCUT2D eigenvalue weighted by Crippen LogP contribution is 2.31. The molecule has 0 saturated heterocycles. The zero-order chi connectivity index (χ0) is 26.3. The highest BCUT2D eigenvalue weighted by atomic mass is 19.3. The molecule has 13 heteroatoms. The highest BCUT2D eigenvalue weighted by Gasteiger charge is 2.20. The summed E-state index contributed by atoms with van der Waals surface area (Å²) in [6.07, 6.45) is -0.982. The number of ether oxygens (including phenoxy) is 2. The van der Waals surface area contributed by atoms with Crippen LogP contribution >= 0.6 is 0 Å². The van der Waals surface area contributed by atoms with Gasteiger partial charge in [-0.3, -0.25) is 9.48 Å². The van der Waals surface area contributed by atoms with Crippen LogP contribution in [0.4, 0.5) is 23.2 Å². The molecule has 5 rings (SSSR count). The first kappa shape index (κ1) is 24.0. The molecule has 9 nitrogen and oxygen atoms in total. The average molecular weight is 514 g/mol. The van der Waals surface area contributed by atoms with Gasteiger partial charge in [0.2, 0.25) is 5.88 Å². The van der Waals surface area contributed by atoms with Crippen molar-refractivity contribution >= 4 is 27.6 Å². The molecule has 2 aromatic carbocycles. The van der Waals surface area contributed by atoms with Crippen molar-refractivity contribution in [3.05, 3.63) is 65.1 Å². The summed E-state index contributed by atoms with van der Waals surface area (Å²) in [5.41, 5.74) is 7.11. The maximum Gasteiger partial charge on any atom is 0.387 e. The lowest BCUT2D eigenvalue weighted by atomic mass is 10.0. The van der Waals surface area contributed by atoms with Gasteiger partial charge in [0, 0.05) is 24.7 Å². The second kappa shape index (κ2) is 9.41. The molecule has 190 valence electrons. The van der Waals surface area contributed by atoms with Crippen molar-refractivity contribution in [3.63, 3.8) is 0 Å². The fourth-order valence-electron chi connectivity index (χ4n) is 3.89. The van der Waals surface area contributed by atoms with Crippen molar-refractivity contribution < 1.29 is 27.0 Å². The van der Waals surface area contributed by atoms with Gasteiger partial charge in [-0.25, -0.2) is 13.8 Å². The van der Waals surface area contributed by atoms with Gasteiger partial charge in [-0.1, -0.05) is 12.1 Å². The SMILES string of the molecule is Cn1cc2cc(-n3nc4c(N)cc(OCC(F)F)nc4c(-c4ccc(OC(F)F)cc4)c3=O)ccc2n1. The number of hydrogen-bond donors (Lipinski definition) is 1. The molecule has 0 spiro atoms. The summed E-state index contributed by atoms with van der Waals surface area (Å²) in [6.45, 7) is -3.95. The minimum atomic E-state index is -3.02. The Morgan fingerprint density at radius 1 is 1.00 bits per heavy atom. The largest absolute Gasteiger partial charge is 0.472 e. The second-order valence-corrected chi connectivity index (χ2v) is 7.99.